The highest BCUT2D eigenvalue weighted by Crippen LogP contribution is 2.33. The zero-order valence-corrected chi connectivity index (χ0v) is 19.4. The number of nitrogens with zero attached hydrogens (tertiary/aromatic N) is 3. The smallest absolute Gasteiger partial charge is 0.324 e. The highest BCUT2D eigenvalue weighted by atomic mass is 19.4. The highest BCUT2D eigenvalue weighted by molar-refractivity contribution is 5.81. The Bertz CT molecular complexity index is 999. The van der Waals surface area contributed by atoms with Gasteiger partial charge in [-0.2, -0.15) is 13.2 Å². The first-order chi connectivity index (χ1) is 15.3. The number of unbranched alkanes of at least 4 members (excludes halogenated alkanes) is 2. The van der Waals surface area contributed by atoms with Crippen molar-refractivity contribution in [2.45, 2.75) is 65.6 Å². The predicted molar refractivity (Wildman–Crippen MR) is 126 cm³/mol. The van der Waals surface area contributed by atoms with E-state index in [1.807, 2.05) is 31.2 Å². The molecule has 3 nitrogen and oxygen atoms in total. The number of aromatic nitrogens is 2. The molecule has 32 heavy (non-hydrogen) atoms. The Morgan fingerprint density at radius 3 is 2.22 bits per heavy atom. The molecule has 3 aromatic rings. The second-order valence-corrected chi connectivity index (χ2v) is 8.56. The molecule has 0 radical (unpaired) electrons. The lowest BCUT2D eigenvalue weighted by Crippen LogP contribution is -2.28. The molecule has 0 aliphatic carbocycles. The topological polar surface area (TPSA) is 21.1 Å². The molecule has 0 aliphatic heterocycles. The number of fused-ring (bicyclic) bond motifs is 1. The van der Waals surface area contributed by atoms with Crippen molar-refractivity contribution in [3.63, 3.8) is 0 Å². The van der Waals surface area contributed by atoms with Crippen molar-refractivity contribution in [1.29, 1.82) is 0 Å². The lowest BCUT2D eigenvalue weighted by atomic mass is 10.1. The van der Waals surface area contributed by atoms with Crippen LogP contribution in [0.5, 0.6) is 0 Å². The molecule has 1 heterocycles. The normalized spacial score (nSPS) is 12.2. The van der Waals surface area contributed by atoms with Gasteiger partial charge in [-0.25, -0.2) is 4.98 Å². The maximum absolute atomic E-state index is 13.3. The van der Waals surface area contributed by atoms with Gasteiger partial charge in [-0.1, -0.05) is 50.5 Å². The summed E-state index contributed by atoms with van der Waals surface area (Å²) in [5, 5.41) is 0. The van der Waals surface area contributed by atoms with E-state index in [-0.39, 0.29) is 0 Å². The molecule has 0 saturated carbocycles. The summed E-state index contributed by atoms with van der Waals surface area (Å²) in [6, 6.07) is 11.9. The van der Waals surface area contributed by atoms with Crippen LogP contribution in [0.15, 0.2) is 42.5 Å². The van der Waals surface area contributed by atoms with Crippen molar-refractivity contribution in [3.05, 3.63) is 53.6 Å². The molecule has 0 amide bonds. The van der Waals surface area contributed by atoms with Crippen LogP contribution in [0.4, 0.5) is 13.2 Å². The number of alkyl halides is 3. The highest BCUT2D eigenvalue weighted by Gasteiger charge is 2.31. The first-order valence-electron chi connectivity index (χ1n) is 11.7. The number of rotatable bonds is 11. The van der Waals surface area contributed by atoms with Gasteiger partial charge < -0.3 is 9.47 Å². The summed E-state index contributed by atoms with van der Waals surface area (Å²) in [5.41, 5.74) is 2.52. The van der Waals surface area contributed by atoms with E-state index in [0.717, 1.165) is 61.1 Å². The Labute approximate surface area is 189 Å². The Balaban J connectivity index is 1.90. The van der Waals surface area contributed by atoms with E-state index in [9.17, 15) is 13.2 Å². The number of hydrogen-bond donors (Lipinski definition) is 0. The van der Waals surface area contributed by atoms with Gasteiger partial charge in [0.1, 0.15) is 5.82 Å². The fraction of sp³-hybridized carbons (Fsp3) is 0.500. The molecule has 0 aliphatic rings. The van der Waals surface area contributed by atoms with E-state index in [1.165, 1.54) is 31.7 Å². The molecule has 0 bridgehead atoms. The predicted octanol–water partition coefficient (Wildman–Crippen LogP) is 7.32. The average molecular weight is 446 g/mol. The van der Waals surface area contributed by atoms with Crippen LogP contribution in [0.1, 0.15) is 57.1 Å². The van der Waals surface area contributed by atoms with E-state index in [1.54, 1.807) is 6.07 Å². The van der Waals surface area contributed by atoms with E-state index >= 15 is 0 Å². The molecule has 1 aromatic heterocycles. The van der Waals surface area contributed by atoms with Gasteiger partial charge in [0, 0.05) is 12.1 Å². The number of hydrogen-bond acceptors (Lipinski definition) is 2. The number of aryl methyl sites for hydroxylation is 2. The zero-order chi connectivity index (χ0) is 23.1. The van der Waals surface area contributed by atoms with Crippen LogP contribution in [0.25, 0.3) is 22.4 Å². The largest absolute Gasteiger partial charge is 0.416 e. The molecular weight excluding hydrogens is 411 g/mol. The van der Waals surface area contributed by atoms with Gasteiger partial charge in [0.05, 0.1) is 16.6 Å². The van der Waals surface area contributed by atoms with Gasteiger partial charge in [0.2, 0.25) is 0 Å². The van der Waals surface area contributed by atoms with Crippen LogP contribution in [-0.4, -0.2) is 34.1 Å². The lowest BCUT2D eigenvalue weighted by molar-refractivity contribution is -0.137. The third kappa shape index (κ3) is 6.12. The fourth-order valence-corrected chi connectivity index (χ4v) is 4.09. The maximum Gasteiger partial charge on any atom is 0.416 e. The standard InChI is InChI=1S/C26H34F3N3/c1-4-6-14-31(15-7-5-2)16-9-17-32-24-13-12-22(26(27,28)29)19-23(24)30-25(32)21-11-8-10-20(3)18-21/h8,10-13,18-19H,4-7,9,14-17H2,1-3H3. The van der Waals surface area contributed by atoms with Gasteiger partial charge in [-0.3, -0.25) is 0 Å². The van der Waals surface area contributed by atoms with Crippen molar-refractivity contribution < 1.29 is 13.2 Å². The molecule has 174 valence electrons. The Hall–Kier alpha value is -2.34. The molecular formula is C26H34F3N3. The molecule has 6 heteroatoms. The molecule has 0 spiro atoms. The Morgan fingerprint density at radius 2 is 1.59 bits per heavy atom. The van der Waals surface area contributed by atoms with Crippen LogP contribution in [0, 0.1) is 6.92 Å². The van der Waals surface area contributed by atoms with Crippen LogP contribution >= 0.6 is 0 Å². The van der Waals surface area contributed by atoms with E-state index in [4.69, 9.17) is 0 Å². The van der Waals surface area contributed by atoms with E-state index < -0.39 is 11.7 Å². The first kappa shape index (κ1) is 24.3. The van der Waals surface area contributed by atoms with Gasteiger partial charge in [-0.15, -0.1) is 0 Å². The van der Waals surface area contributed by atoms with Crippen molar-refractivity contribution in [2.24, 2.45) is 0 Å². The Kier molecular flexibility index (Phi) is 8.35. The quantitative estimate of drug-likeness (QED) is 0.308. The summed E-state index contributed by atoms with van der Waals surface area (Å²) in [6.45, 7) is 10.3. The Morgan fingerprint density at radius 1 is 0.906 bits per heavy atom. The number of halogens is 3. The second kappa shape index (κ2) is 11.0. The van der Waals surface area contributed by atoms with E-state index in [0.29, 0.717) is 5.52 Å². The third-order valence-corrected chi connectivity index (χ3v) is 5.86. The maximum atomic E-state index is 13.3. The van der Waals surface area contributed by atoms with Gasteiger partial charge >= 0.3 is 6.18 Å². The van der Waals surface area contributed by atoms with Crippen LogP contribution < -0.4 is 0 Å². The summed E-state index contributed by atoms with van der Waals surface area (Å²) in [6.07, 6.45) is 1.28. The SMILES string of the molecule is CCCCN(CCCC)CCCn1c(-c2cccc(C)c2)nc2cc(C(F)(F)F)ccc21. The minimum atomic E-state index is -4.37. The molecule has 0 unspecified atom stereocenters. The molecule has 3 rings (SSSR count). The zero-order valence-electron chi connectivity index (χ0n) is 19.4. The van der Waals surface area contributed by atoms with Crippen LogP contribution in [-0.2, 0) is 12.7 Å². The minimum Gasteiger partial charge on any atom is -0.324 e. The van der Waals surface area contributed by atoms with E-state index in [2.05, 4.69) is 28.3 Å². The summed E-state index contributed by atoms with van der Waals surface area (Å²) in [4.78, 5) is 7.16. The van der Waals surface area contributed by atoms with Crippen molar-refractivity contribution in [3.8, 4) is 11.4 Å². The van der Waals surface area contributed by atoms with Crippen molar-refractivity contribution in [1.82, 2.24) is 14.5 Å². The van der Waals surface area contributed by atoms with Crippen molar-refractivity contribution >= 4 is 11.0 Å². The first-order valence-corrected chi connectivity index (χ1v) is 11.7. The summed E-state index contributed by atoms with van der Waals surface area (Å²) in [5.74, 6) is 0.733. The molecule has 0 saturated heterocycles. The van der Waals surface area contributed by atoms with Crippen molar-refractivity contribution in [2.75, 3.05) is 19.6 Å². The molecule has 0 atom stereocenters. The number of imidazole rings is 1. The lowest BCUT2D eigenvalue weighted by Gasteiger charge is -2.22. The molecule has 2 aromatic carbocycles. The summed E-state index contributed by atoms with van der Waals surface area (Å²) < 4.78 is 41.8. The summed E-state index contributed by atoms with van der Waals surface area (Å²) in [7, 11) is 0. The monoisotopic (exact) mass is 445 g/mol. The third-order valence-electron chi connectivity index (χ3n) is 5.86. The number of benzene rings is 2. The average Bonchev–Trinajstić information content (AvgIpc) is 3.12. The second-order valence-electron chi connectivity index (χ2n) is 8.56. The summed E-state index contributed by atoms with van der Waals surface area (Å²) >= 11 is 0. The van der Waals surface area contributed by atoms with Crippen LogP contribution in [0.2, 0.25) is 0 Å². The molecule has 0 fully saturated rings. The molecule has 0 N–H and O–H groups in total. The van der Waals surface area contributed by atoms with Crippen LogP contribution in [0.3, 0.4) is 0 Å². The van der Waals surface area contributed by atoms with Gasteiger partial charge in [0.25, 0.3) is 0 Å². The van der Waals surface area contributed by atoms with Gasteiger partial charge in [-0.05, 0) is 70.1 Å². The minimum absolute atomic E-state index is 0.394. The van der Waals surface area contributed by atoms with Gasteiger partial charge in [0.15, 0.2) is 0 Å². The fourth-order valence-electron chi connectivity index (χ4n) is 4.09.